The summed E-state index contributed by atoms with van der Waals surface area (Å²) in [5.74, 6) is 1.12. The Morgan fingerprint density at radius 3 is 2.45 bits per heavy atom. The highest BCUT2D eigenvalue weighted by Gasteiger charge is 2.61. The molecule has 336 valence electrons. The van der Waals surface area contributed by atoms with Crippen LogP contribution in [0.2, 0.25) is 0 Å². The van der Waals surface area contributed by atoms with E-state index in [-0.39, 0.29) is 31.0 Å². The number of carboxylic acids is 1. The number of benzene rings is 1. The fraction of sp³-hybridized carbons (Fsp3) is 0.644. The number of carbonyl (C=O) groups is 4. The molecular formula is C45H63N9O8. The van der Waals surface area contributed by atoms with E-state index in [4.69, 9.17) is 24.3 Å². The van der Waals surface area contributed by atoms with Crippen molar-refractivity contribution in [3.05, 3.63) is 36.5 Å². The number of fused-ring (bicyclic) bond motifs is 2. The maximum atomic E-state index is 14.8. The third-order valence-corrected chi connectivity index (χ3v) is 13.2. The van der Waals surface area contributed by atoms with Gasteiger partial charge in [0.2, 0.25) is 11.8 Å². The third-order valence-electron chi connectivity index (χ3n) is 13.2. The molecule has 5 N–H and O–H groups in total. The maximum absolute atomic E-state index is 14.8. The Kier molecular flexibility index (Phi) is 12.3. The summed E-state index contributed by atoms with van der Waals surface area (Å²) in [6.45, 7) is 16.7. The Morgan fingerprint density at radius 1 is 1.02 bits per heavy atom. The lowest BCUT2D eigenvalue weighted by atomic mass is 9.85. The van der Waals surface area contributed by atoms with Gasteiger partial charge in [0.1, 0.15) is 53.8 Å². The molecular weight excluding hydrogens is 795 g/mol. The van der Waals surface area contributed by atoms with Gasteiger partial charge in [-0.3, -0.25) is 14.5 Å². The Morgan fingerprint density at radius 2 is 1.77 bits per heavy atom. The van der Waals surface area contributed by atoms with Crippen LogP contribution >= 0.6 is 0 Å². The number of likely N-dealkylation sites (tertiary alicyclic amines) is 1. The second kappa shape index (κ2) is 17.5. The second-order valence-corrected chi connectivity index (χ2v) is 19.3. The van der Waals surface area contributed by atoms with Crippen molar-refractivity contribution < 1.29 is 38.5 Å². The molecule has 2 aliphatic heterocycles. The molecule has 5 aliphatic rings. The Hall–Kier alpha value is -5.16. The zero-order valence-corrected chi connectivity index (χ0v) is 36.8. The van der Waals surface area contributed by atoms with Crippen LogP contribution in [0.15, 0.2) is 36.5 Å². The summed E-state index contributed by atoms with van der Waals surface area (Å²) in [7, 11) is 0. The molecule has 3 aromatic rings. The fourth-order valence-electron chi connectivity index (χ4n) is 9.54. The molecule has 4 heterocycles. The fourth-order valence-corrected chi connectivity index (χ4v) is 9.54. The van der Waals surface area contributed by atoms with E-state index >= 15 is 0 Å². The number of hydrogen-bond donors (Lipinski definition) is 5. The van der Waals surface area contributed by atoms with Crippen molar-refractivity contribution >= 4 is 40.6 Å². The predicted molar refractivity (Wildman–Crippen MR) is 231 cm³/mol. The smallest absolute Gasteiger partial charge is 0.408 e. The maximum Gasteiger partial charge on any atom is 0.408 e. The van der Waals surface area contributed by atoms with Gasteiger partial charge in [0.05, 0.1) is 12.1 Å². The number of alkyl carbamates (subject to hydrolysis) is 1. The number of hydrogen-bond acceptors (Lipinski definition) is 12. The van der Waals surface area contributed by atoms with Gasteiger partial charge in [0.25, 0.3) is 0 Å². The number of carboxylic acid groups (broad SMARTS) is 1. The van der Waals surface area contributed by atoms with Gasteiger partial charge in [-0.1, -0.05) is 34.1 Å². The summed E-state index contributed by atoms with van der Waals surface area (Å²) < 4.78 is 20.5. The molecule has 3 aliphatic carbocycles. The highest BCUT2D eigenvalue weighted by Crippen LogP contribution is 2.52. The average molecular weight is 858 g/mol. The molecule has 62 heavy (non-hydrogen) atoms. The standard InChI is InChI=1S/C45H63N9O8/c1-7-29-24-45(29,42(57)58)50-40(55)35-22-32(25-53(35)41(56)39(44(4,5)6)49-43(59)62-31-19-27-18-28(27)20-31)61-36-23-38(54-13-10-37(51-54)47-26(2)3)48-34-21-30(8-9-33(34)36)60-17-16-52-14-11-46-12-15-52/h8-10,13,21,23,26-29,31-32,35,39,46H,7,11-12,14-20,22,24-25H2,1-6H3,(H,47,51)(H,49,59)(H,50,55)(H,57,58)/t27-,28?,29+,31?,32+,35-,39+,45+/m0/s1. The monoisotopic (exact) mass is 857 g/mol. The largest absolute Gasteiger partial charge is 0.492 e. The Balaban J connectivity index is 1.07. The quantitative estimate of drug-likeness (QED) is 0.138. The zero-order valence-electron chi connectivity index (χ0n) is 36.8. The number of ether oxygens (including phenoxy) is 3. The summed E-state index contributed by atoms with van der Waals surface area (Å²) in [4.78, 5) is 63.7. The van der Waals surface area contributed by atoms with Crippen molar-refractivity contribution in [2.75, 3.05) is 51.2 Å². The van der Waals surface area contributed by atoms with E-state index < -0.39 is 53.0 Å². The first-order valence-corrected chi connectivity index (χ1v) is 22.4. The normalized spacial score (nSPS) is 27.4. The number of pyridine rings is 1. The van der Waals surface area contributed by atoms with Crippen molar-refractivity contribution in [2.24, 2.45) is 23.2 Å². The van der Waals surface area contributed by atoms with Crippen LogP contribution in [-0.2, 0) is 19.1 Å². The Labute approximate surface area is 363 Å². The number of nitrogens with one attached hydrogen (secondary N) is 4. The molecule has 8 rings (SSSR count). The molecule has 2 aromatic heterocycles. The van der Waals surface area contributed by atoms with Crippen LogP contribution in [0.3, 0.4) is 0 Å². The Bertz CT molecular complexity index is 2140. The zero-order chi connectivity index (χ0) is 43.9. The third kappa shape index (κ3) is 9.58. The lowest BCUT2D eigenvalue weighted by Crippen LogP contribution is -2.59. The molecule has 3 amide bonds. The van der Waals surface area contributed by atoms with Crippen molar-refractivity contribution in [3.8, 4) is 17.3 Å². The lowest BCUT2D eigenvalue weighted by Gasteiger charge is -2.35. The van der Waals surface area contributed by atoms with Crippen LogP contribution < -0.4 is 30.7 Å². The van der Waals surface area contributed by atoms with Gasteiger partial charge in [-0.25, -0.2) is 19.3 Å². The van der Waals surface area contributed by atoms with Crippen molar-refractivity contribution in [3.63, 3.8) is 0 Å². The summed E-state index contributed by atoms with van der Waals surface area (Å²) in [6, 6.07) is 7.34. The van der Waals surface area contributed by atoms with Gasteiger partial charge in [-0.2, -0.15) is 0 Å². The average Bonchev–Trinajstić information content (AvgIpc) is 3.89. The van der Waals surface area contributed by atoms with E-state index in [2.05, 4.69) is 26.2 Å². The first-order chi connectivity index (χ1) is 29.6. The number of amides is 3. The molecule has 3 saturated carbocycles. The number of anilines is 1. The minimum atomic E-state index is -1.40. The molecule has 2 unspecified atom stereocenters. The summed E-state index contributed by atoms with van der Waals surface area (Å²) in [5.41, 5.74) is -1.57. The van der Waals surface area contributed by atoms with Gasteiger partial charge in [0.15, 0.2) is 5.82 Å². The molecule has 8 atom stereocenters. The van der Waals surface area contributed by atoms with Crippen molar-refractivity contribution in [1.82, 2.24) is 40.5 Å². The number of nitrogens with zero attached hydrogens (tertiary/aromatic N) is 5. The highest BCUT2D eigenvalue weighted by molar-refractivity contribution is 5.96. The second-order valence-electron chi connectivity index (χ2n) is 19.3. The van der Waals surface area contributed by atoms with E-state index in [1.165, 1.54) is 11.3 Å². The molecule has 1 aromatic carbocycles. The van der Waals surface area contributed by atoms with Crippen LogP contribution in [0.25, 0.3) is 16.7 Å². The number of rotatable bonds is 16. The van der Waals surface area contributed by atoms with E-state index in [9.17, 15) is 24.3 Å². The van der Waals surface area contributed by atoms with Gasteiger partial charge in [0, 0.05) is 75.0 Å². The van der Waals surface area contributed by atoms with Crippen molar-refractivity contribution in [1.29, 1.82) is 0 Å². The van der Waals surface area contributed by atoms with Crippen LogP contribution in [0.1, 0.15) is 80.1 Å². The lowest BCUT2D eigenvalue weighted by molar-refractivity contribution is -0.146. The topological polar surface area (TPSA) is 202 Å². The van der Waals surface area contributed by atoms with Crippen molar-refractivity contribution in [2.45, 2.75) is 116 Å². The van der Waals surface area contributed by atoms with Gasteiger partial charge < -0.3 is 45.5 Å². The predicted octanol–water partition coefficient (Wildman–Crippen LogP) is 4.18. The van der Waals surface area contributed by atoms with Gasteiger partial charge in [-0.15, -0.1) is 5.10 Å². The van der Waals surface area contributed by atoms with Gasteiger partial charge >= 0.3 is 12.1 Å². The molecule has 0 bridgehead atoms. The first-order valence-electron chi connectivity index (χ1n) is 22.4. The number of piperazine rings is 1. The summed E-state index contributed by atoms with van der Waals surface area (Å²) in [5, 5.41) is 28.0. The molecule has 5 fully saturated rings. The first kappa shape index (κ1) is 43.5. The number of carbonyl (C=O) groups excluding carboxylic acids is 3. The molecule has 2 saturated heterocycles. The SMILES string of the molecule is CC[C@@H]1C[C@]1(NC(=O)[C@@H]1C[C@@H](Oc2cc(-n3ccc(NC(C)C)n3)nc3cc(OCCN4CCNCC4)ccc23)CN1C(=O)[C@@H](NC(=O)OC1CC2C[C@H]2C1)C(C)(C)C)C(=O)O. The molecule has 17 nitrogen and oxygen atoms in total. The van der Waals surface area contributed by atoms with E-state index in [1.807, 2.05) is 72.0 Å². The van der Waals surface area contributed by atoms with E-state index in [1.54, 1.807) is 10.7 Å². The summed E-state index contributed by atoms with van der Waals surface area (Å²) >= 11 is 0. The van der Waals surface area contributed by atoms with Crippen LogP contribution in [-0.4, -0.2) is 135 Å². The number of aromatic nitrogens is 3. The van der Waals surface area contributed by atoms with Crippen LogP contribution in [0, 0.1) is 23.2 Å². The summed E-state index contributed by atoms with van der Waals surface area (Å²) in [6.07, 6.45) is 4.07. The van der Waals surface area contributed by atoms with Crippen LogP contribution in [0.5, 0.6) is 11.5 Å². The van der Waals surface area contributed by atoms with Crippen LogP contribution in [0.4, 0.5) is 10.6 Å². The minimum absolute atomic E-state index is 0.0000804. The number of aliphatic carboxylic acids is 1. The minimum Gasteiger partial charge on any atom is -0.492 e. The molecule has 0 spiro atoms. The molecule has 0 radical (unpaired) electrons. The molecule has 17 heteroatoms. The van der Waals surface area contributed by atoms with E-state index in [0.717, 1.165) is 45.6 Å². The van der Waals surface area contributed by atoms with E-state index in [0.29, 0.717) is 65.3 Å². The van der Waals surface area contributed by atoms with Gasteiger partial charge in [-0.05, 0) is 74.8 Å². The highest BCUT2D eigenvalue weighted by atomic mass is 16.6.